The first kappa shape index (κ1) is 17.9. The van der Waals surface area contributed by atoms with Gasteiger partial charge in [0.05, 0.1) is 0 Å². The molecule has 1 aliphatic rings. The van der Waals surface area contributed by atoms with Crippen molar-refractivity contribution >= 4 is 23.2 Å². The Morgan fingerprint density at radius 1 is 0.920 bits per heavy atom. The fourth-order valence-electron chi connectivity index (χ4n) is 3.51. The van der Waals surface area contributed by atoms with Gasteiger partial charge in [-0.15, -0.1) is 12.4 Å². The molecular weight excluding hydrogens is 334 g/mol. The highest BCUT2D eigenvalue weighted by atomic mass is 35.5. The van der Waals surface area contributed by atoms with Crippen molar-refractivity contribution in [3.05, 3.63) is 60.2 Å². The maximum atomic E-state index is 10.0. The second-order valence-electron chi connectivity index (χ2n) is 6.58. The molecule has 3 nitrogen and oxygen atoms in total. The second-order valence-corrected chi connectivity index (χ2v) is 6.58. The third-order valence-electron chi connectivity index (χ3n) is 4.89. The van der Waals surface area contributed by atoms with Gasteiger partial charge in [0.1, 0.15) is 6.23 Å². The molecule has 0 saturated carbocycles. The minimum atomic E-state index is -0.710. The highest BCUT2D eigenvalue weighted by Gasteiger charge is 2.21. The minimum absolute atomic E-state index is 0. The molecule has 0 spiro atoms. The van der Waals surface area contributed by atoms with E-state index in [-0.39, 0.29) is 24.9 Å². The molecule has 4 heteroatoms. The number of halogens is 1. The van der Waals surface area contributed by atoms with Gasteiger partial charge in [-0.05, 0) is 50.7 Å². The predicted molar refractivity (Wildman–Crippen MR) is 105 cm³/mol. The Bertz CT molecular complexity index is 910. The molecule has 3 N–H and O–H groups in total. The minimum Gasteiger partial charge on any atom is -0.396 e. The monoisotopic (exact) mass is 355 g/mol. The third-order valence-corrected chi connectivity index (χ3v) is 4.89. The number of hydrogen-bond donors (Lipinski definition) is 3. The van der Waals surface area contributed by atoms with E-state index in [0.717, 1.165) is 5.56 Å². The van der Waals surface area contributed by atoms with Gasteiger partial charge in [-0.25, -0.2) is 0 Å². The van der Waals surface area contributed by atoms with Gasteiger partial charge >= 0.3 is 0 Å². The van der Waals surface area contributed by atoms with Crippen molar-refractivity contribution in [3.63, 3.8) is 0 Å². The predicted octanol–water partition coefficient (Wildman–Crippen LogP) is 3.95. The average molecular weight is 356 g/mol. The number of nitrogens with one attached hydrogen (secondary N) is 1. The van der Waals surface area contributed by atoms with Crippen molar-refractivity contribution in [1.82, 2.24) is 5.32 Å². The summed E-state index contributed by atoms with van der Waals surface area (Å²) in [5.74, 6) is -0.187. The SMILES string of the molecule is CC(CO)C(O)NCc1cc2c3c(cccc3c1)-c1ccccc1-2.Cl. The summed E-state index contributed by atoms with van der Waals surface area (Å²) in [6.45, 7) is 2.36. The number of hydrogen-bond acceptors (Lipinski definition) is 3. The molecule has 0 aromatic heterocycles. The van der Waals surface area contributed by atoms with Crippen molar-refractivity contribution in [1.29, 1.82) is 0 Å². The fraction of sp³-hybridized carbons (Fsp3) is 0.238. The maximum absolute atomic E-state index is 10.0. The van der Waals surface area contributed by atoms with Crippen LogP contribution in [0, 0.1) is 5.92 Å². The zero-order valence-electron chi connectivity index (χ0n) is 14.1. The molecule has 3 aromatic carbocycles. The summed E-state index contributed by atoms with van der Waals surface area (Å²) in [5, 5.41) is 24.8. The Morgan fingerprint density at radius 2 is 1.60 bits per heavy atom. The van der Waals surface area contributed by atoms with Gasteiger partial charge in [0.15, 0.2) is 0 Å². The summed E-state index contributed by atoms with van der Waals surface area (Å²) in [6, 6.07) is 19.3. The molecule has 0 radical (unpaired) electrons. The Kier molecular flexibility index (Phi) is 5.11. The topological polar surface area (TPSA) is 52.5 Å². The van der Waals surface area contributed by atoms with Gasteiger partial charge in [0.25, 0.3) is 0 Å². The highest BCUT2D eigenvalue weighted by Crippen LogP contribution is 2.47. The van der Waals surface area contributed by atoms with Crippen LogP contribution in [-0.4, -0.2) is 23.0 Å². The smallest absolute Gasteiger partial charge is 0.109 e. The number of rotatable bonds is 5. The molecule has 0 saturated heterocycles. The van der Waals surface area contributed by atoms with E-state index in [2.05, 4.69) is 59.9 Å². The molecular formula is C21H22ClNO2. The molecule has 2 atom stereocenters. The summed E-state index contributed by atoms with van der Waals surface area (Å²) in [4.78, 5) is 0. The number of aliphatic hydroxyl groups excluding tert-OH is 2. The van der Waals surface area contributed by atoms with Gasteiger partial charge in [0, 0.05) is 19.1 Å². The number of aliphatic hydroxyl groups is 2. The molecule has 0 fully saturated rings. The van der Waals surface area contributed by atoms with E-state index in [4.69, 9.17) is 5.11 Å². The van der Waals surface area contributed by atoms with Gasteiger partial charge in [0.2, 0.25) is 0 Å². The van der Waals surface area contributed by atoms with E-state index < -0.39 is 6.23 Å². The standard InChI is InChI=1S/C21H21NO2.ClH/c1-13(12-23)21(24)22-11-14-9-15-5-4-8-18-16-6-2-3-7-17(16)19(10-14)20(15)18;/h2-10,13,21-24H,11-12H2,1H3;1H. The van der Waals surface area contributed by atoms with E-state index in [1.807, 2.05) is 6.92 Å². The van der Waals surface area contributed by atoms with E-state index in [1.165, 1.54) is 33.0 Å². The second kappa shape index (κ2) is 7.14. The summed E-state index contributed by atoms with van der Waals surface area (Å²) >= 11 is 0. The summed E-state index contributed by atoms with van der Waals surface area (Å²) in [5.41, 5.74) is 6.26. The largest absolute Gasteiger partial charge is 0.396 e. The first-order valence-electron chi connectivity index (χ1n) is 8.37. The van der Waals surface area contributed by atoms with Crippen LogP contribution in [0.5, 0.6) is 0 Å². The summed E-state index contributed by atoms with van der Waals surface area (Å²) < 4.78 is 0. The van der Waals surface area contributed by atoms with Crippen molar-refractivity contribution in [2.24, 2.45) is 5.92 Å². The maximum Gasteiger partial charge on any atom is 0.109 e. The third kappa shape index (κ3) is 3.05. The lowest BCUT2D eigenvalue weighted by Crippen LogP contribution is -2.35. The molecule has 0 bridgehead atoms. The Morgan fingerprint density at radius 3 is 2.32 bits per heavy atom. The number of fused-ring (bicyclic) bond motifs is 3. The van der Waals surface area contributed by atoms with E-state index >= 15 is 0 Å². The summed E-state index contributed by atoms with van der Waals surface area (Å²) in [6.07, 6.45) is -0.710. The van der Waals surface area contributed by atoms with Crippen LogP contribution < -0.4 is 5.32 Å². The lowest BCUT2D eigenvalue weighted by molar-refractivity contribution is 0.0495. The van der Waals surface area contributed by atoms with E-state index in [0.29, 0.717) is 6.54 Å². The van der Waals surface area contributed by atoms with Crippen molar-refractivity contribution in [2.75, 3.05) is 6.61 Å². The molecule has 4 rings (SSSR count). The van der Waals surface area contributed by atoms with Crippen LogP contribution in [0.4, 0.5) is 0 Å². The van der Waals surface area contributed by atoms with Gasteiger partial charge in [-0.2, -0.15) is 0 Å². The Balaban J connectivity index is 0.00000182. The van der Waals surface area contributed by atoms with Crippen molar-refractivity contribution in [2.45, 2.75) is 19.7 Å². The van der Waals surface area contributed by atoms with Crippen LogP contribution in [-0.2, 0) is 6.54 Å². The summed E-state index contributed by atoms with van der Waals surface area (Å²) in [7, 11) is 0. The van der Waals surface area contributed by atoms with Crippen molar-refractivity contribution < 1.29 is 10.2 Å². The van der Waals surface area contributed by atoms with Crippen LogP contribution in [0.3, 0.4) is 0 Å². The van der Waals surface area contributed by atoms with Crippen molar-refractivity contribution in [3.8, 4) is 22.3 Å². The van der Waals surface area contributed by atoms with Crippen LogP contribution in [0.1, 0.15) is 12.5 Å². The Hall–Kier alpha value is -1.91. The first-order valence-corrected chi connectivity index (χ1v) is 8.37. The average Bonchev–Trinajstić information content (AvgIpc) is 2.95. The van der Waals surface area contributed by atoms with E-state index in [9.17, 15) is 5.11 Å². The molecule has 0 amide bonds. The quantitative estimate of drug-likeness (QED) is 0.475. The molecule has 0 heterocycles. The van der Waals surface area contributed by atoms with E-state index in [1.54, 1.807) is 0 Å². The van der Waals surface area contributed by atoms with Crippen LogP contribution >= 0.6 is 12.4 Å². The lowest BCUT2D eigenvalue weighted by atomic mass is 9.99. The highest BCUT2D eigenvalue weighted by molar-refractivity contribution is 6.15. The van der Waals surface area contributed by atoms with Crippen LogP contribution in [0.15, 0.2) is 54.6 Å². The molecule has 25 heavy (non-hydrogen) atoms. The van der Waals surface area contributed by atoms with Crippen LogP contribution in [0.25, 0.3) is 33.0 Å². The normalized spacial score (nSPS) is 14.0. The zero-order valence-corrected chi connectivity index (χ0v) is 14.9. The Labute approximate surface area is 153 Å². The molecule has 3 aromatic rings. The molecule has 2 unspecified atom stereocenters. The molecule has 1 aliphatic carbocycles. The lowest BCUT2D eigenvalue weighted by Gasteiger charge is -2.18. The van der Waals surface area contributed by atoms with Crippen LogP contribution in [0.2, 0.25) is 0 Å². The first-order chi connectivity index (χ1) is 11.7. The van der Waals surface area contributed by atoms with Gasteiger partial charge in [-0.3, -0.25) is 5.32 Å². The number of benzene rings is 3. The molecule has 130 valence electrons. The van der Waals surface area contributed by atoms with Gasteiger partial charge < -0.3 is 10.2 Å². The zero-order chi connectivity index (χ0) is 16.7. The molecule has 0 aliphatic heterocycles. The van der Waals surface area contributed by atoms with Gasteiger partial charge in [-0.1, -0.05) is 49.4 Å². The fourth-order valence-corrected chi connectivity index (χ4v) is 3.51.